The molecular formula is C5H13NO3S. The molecule has 1 N–H and O–H groups in total. The highest BCUT2D eigenvalue weighted by molar-refractivity contribution is 7.86. The summed E-state index contributed by atoms with van der Waals surface area (Å²) in [7, 11) is -0.336. The molecule has 0 fully saturated rings. The summed E-state index contributed by atoms with van der Waals surface area (Å²) in [5, 5.41) is -0.706. The van der Waals surface area contributed by atoms with E-state index in [-0.39, 0.29) is 0 Å². The zero-order valence-electron chi connectivity index (χ0n) is 6.40. The van der Waals surface area contributed by atoms with Gasteiger partial charge in [-0.15, -0.1) is 0 Å². The van der Waals surface area contributed by atoms with Crippen molar-refractivity contribution in [1.82, 2.24) is 4.90 Å². The Morgan fingerprint density at radius 3 is 2.00 bits per heavy atom. The van der Waals surface area contributed by atoms with Gasteiger partial charge in [-0.25, -0.2) is 0 Å². The Balaban J connectivity index is 3.99. The monoisotopic (exact) mass is 167 g/mol. The van der Waals surface area contributed by atoms with Gasteiger partial charge < -0.3 is 4.90 Å². The zero-order chi connectivity index (χ0) is 8.36. The Kier molecular flexibility index (Phi) is 3.27. The van der Waals surface area contributed by atoms with E-state index in [4.69, 9.17) is 4.55 Å². The molecule has 10 heavy (non-hydrogen) atoms. The molecule has 0 saturated heterocycles. The highest BCUT2D eigenvalue weighted by Crippen LogP contribution is 1.97. The third kappa shape index (κ3) is 3.81. The van der Waals surface area contributed by atoms with Gasteiger partial charge in [-0.2, -0.15) is 8.42 Å². The Bertz CT molecular complexity index is 185. The van der Waals surface area contributed by atoms with Gasteiger partial charge in [0.1, 0.15) is 0 Å². The first-order valence-electron chi connectivity index (χ1n) is 2.95. The van der Waals surface area contributed by atoms with Crippen LogP contribution in [0.3, 0.4) is 0 Å². The van der Waals surface area contributed by atoms with Gasteiger partial charge >= 0.3 is 0 Å². The fraction of sp³-hybridized carbons (Fsp3) is 1.00. The number of hydrogen-bond acceptors (Lipinski definition) is 3. The predicted molar refractivity (Wildman–Crippen MR) is 39.6 cm³/mol. The van der Waals surface area contributed by atoms with Gasteiger partial charge in [-0.3, -0.25) is 4.55 Å². The molecule has 0 bridgehead atoms. The van der Waals surface area contributed by atoms with E-state index in [1.54, 1.807) is 19.0 Å². The standard InChI is InChI=1S/C5H13NO3S/c1-5(4-6(2)3)10(7,8)9/h5H,4H2,1-3H3,(H,7,8,9). The van der Waals surface area contributed by atoms with Gasteiger partial charge in [-0.05, 0) is 21.0 Å². The third-order valence-electron chi connectivity index (χ3n) is 1.13. The number of nitrogens with zero attached hydrogens (tertiary/aromatic N) is 1. The zero-order valence-corrected chi connectivity index (χ0v) is 7.22. The van der Waals surface area contributed by atoms with Crippen LogP contribution in [0.25, 0.3) is 0 Å². The minimum Gasteiger partial charge on any atom is -0.308 e. The molecule has 0 spiro atoms. The van der Waals surface area contributed by atoms with Gasteiger partial charge in [0.2, 0.25) is 0 Å². The smallest absolute Gasteiger partial charge is 0.268 e. The highest BCUT2D eigenvalue weighted by Gasteiger charge is 2.16. The van der Waals surface area contributed by atoms with Crippen molar-refractivity contribution in [3.05, 3.63) is 0 Å². The molecule has 0 saturated carbocycles. The molecule has 4 nitrogen and oxygen atoms in total. The summed E-state index contributed by atoms with van der Waals surface area (Å²) in [6.07, 6.45) is 0. The second-order valence-corrected chi connectivity index (χ2v) is 4.42. The fourth-order valence-corrected chi connectivity index (χ4v) is 1.09. The molecule has 0 aliphatic heterocycles. The first-order valence-corrected chi connectivity index (χ1v) is 4.45. The largest absolute Gasteiger partial charge is 0.308 e. The SMILES string of the molecule is CC(CN(C)C)S(=O)(=O)O. The van der Waals surface area contributed by atoms with Crippen LogP contribution in [0.5, 0.6) is 0 Å². The van der Waals surface area contributed by atoms with Gasteiger partial charge in [0.15, 0.2) is 0 Å². The maximum atomic E-state index is 10.4. The summed E-state index contributed by atoms with van der Waals surface area (Å²) in [4.78, 5) is 1.71. The molecule has 0 aliphatic carbocycles. The van der Waals surface area contributed by atoms with E-state index in [0.29, 0.717) is 6.54 Å². The van der Waals surface area contributed by atoms with Crippen molar-refractivity contribution in [3.8, 4) is 0 Å². The van der Waals surface area contributed by atoms with Gasteiger partial charge in [0.05, 0.1) is 5.25 Å². The summed E-state index contributed by atoms with van der Waals surface area (Å²) in [6.45, 7) is 1.81. The quantitative estimate of drug-likeness (QED) is 0.593. The average Bonchev–Trinajstić information content (AvgIpc) is 1.60. The second kappa shape index (κ2) is 3.32. The van der Waals surface area contributed by atoms with E-state index < -0.39 is 15.4 Å². The van der Waals surface area contributed by atoms with E-state index in [1.165, 1.54) is 6.92 Å². The molecule has 0 aromatic carbocycles. The lowest BCUT2D eigenvalue weighted by Gasteiger charge is -2.13. The Morgan fingerprint density at radius 1 is 1.50 bits per heavy atom. The lowest BCUT2D eigenvalue weighted by Crippen LogP contribution is -2.29. The van der Waals surface area contributed by atoms with E-state index in [1.807, 2.05) is 0 Å². The average molecular weight is 167 g/mol. The molecule has 0 aromatic heterocycles. The topological polar surface area (TPSA) is 57.6 Å². The van der Waals surface area contributed by atoms with Crippen molar-refractivity contribution < 1.29 is 13.0 Å². The molecule has 0 aromatic rings. The normalized spacial score (nSPS) is 15.7. The Morgan fingerprint density at radius 2 is 1.90 bits per heavy atom. The van der Waals surface area contributed by atoms with Crippen LogP contribution in [0.2, 0.25) is 0 Å². The molecule has 0 rings (SSSR count). The molecular weight excluding hydrogens is 154 g/mol. The van der Waals surface area contributed by atoms with Crippen LogP contribution in [0, 0.1) is 0 Å². The van der Waals surface area contributed by atoms with Crippen molar-refractivity contribution in [3.63, 3.8) is 0 Å². The molecule has 0 amide bonds. The van der Waals surface area contributed by atoms with Gasteiger partial charge in [-0.1, -0.05) is 0 Å². The molecule has 1 unspecified atom stereocenters. The van der Waals surface area contributed by atoms with Crippen molar-refractivity contribution >= 4 is 10.1 Å². The van der Waals surface area contributed by atoms with Crippen molar-refractivity contribution in [1.29, 1.82) is 0 Å². The minimum atomic E-state index is -3.84. The van der Waals surface area contributed by atoms with Crippen molar-refractivity contribution in [2.75, 3.05) is 20.6 Å². The summed E-state index contributed by atoms with van der Waals surface area (Å²) in [6, 6.07) is 0. The van der Waals surface area contributed by atoms with E-state index in [2.05, 4.69) is 0 Å². The number of rotatable bonds is 3. The molecule has 0 aliphatic rings. The van der Waals surface area contributed by atoms with Crippen LogP contribution >= 0.6 is 0 Å². The Labute approximate surface area is 61.6 Å². The lowest BCUT2D eigenvalue weighted by molar-refractivity contribution is 0.389. The summed E-state index contributed by atoms with van der Waals surface area (Å²) in [5.41, 5.74) is 0. The van der Waals surface area contributed by atoms with Crippen molar-refractivity contribution in [2.24, 2.45) is 0 Å². The highest BCUT2D eigenvalue weighted by atomic mass is 32.2. The lowest BCUT2D eigenvalue weighted by atomic mass is 10.4. The van der Waals surface area contributed by atoms with Crippen LogP contribution in [0.1, 0.15) is 6.92 Å². The van der Waals surface area contributed by atoms with Crippen LogP contribution in [-0.2, 0) is 10.1 Å². The first-order chi connectivity index (χ1) is 4.34. The minimum absolute atomic E-state index is 0.346. The molecule has 62 valence electrons. The third-order valence-corrected chi connectivity index (χ3v) is 2.30. The molecule has 0 radical (unpaired) electrons. The van der Waals surface area contributed by atoms with Crippen LogP contribution in [0.15, 0.2) is 0 Å². The number of hydrogen-bond donors (Lipinski definition) is 1. The summed E-state index contributed by atoms with van der Waals surface area (Å²) < 4.78 is 29.3. The summed E-state index contributed by atoms with van der Waals surface area (Å²) in [5.74, 6) is 0. The molecule has 1 atom stereocenters. The second-order valence-electron chi connectivity index (χ2n) is 2.59. The molecule has 5 heteroatoms. The Hall–Kier alpha value is -0.130. The first kappa shape index (κ1) is 9.87. The molecule has 0 heterocycles. The summed E-state index contributed by atoms with van der Waals surface area (Å²) >= 11 is 0. The van der Waals surface area contributed by atoms with E-state index in [9.17, 15) is 8.42 Å². The van der Waals surface area contributed by atoms with Crippen LogP contribution in [-0.4, -0.2) is 43.8 Å². The fourth-order valence-electron chi connectivity index (χ4n) is 0.608. The van der Waals surface area contributed by atoms with E-state index in [0.717, 1.165) is 0 Å². The van der Waals surface area contributed by atoms with Gasteiger partial charge in [0.25, 0.3) is 10.1 Å². The maximum Gasteiger partial charge on any atom is 0.268 e. The van der Waals surface area contributed by atoms with Crippen molar-refractivity contribution in [2.45, 2.75) is 12.2 Å². The maximum absolute atomic E-state index is 10.4. The van der Waals surface area contributed by atoms with Crippen LogP contribution in [0.4, 0.5) is 0 Å². The van der Waals surface area contributed by atoms with Gasteiger partial charge in [0, 0.05) is 6.54 Å². The predicted octanol–water partition coefficient (Wildman–Crippen LogP) is -0.176. The van der Waals surface area contributed by atoms with E-state index >= 15 is 0 Å². The van der Waals surface area contributed by atoms with Crippen LogP contribution < -0.4 is 0 Å².